The van der Waals surface area contributed by atoms with Crippen LogP contribution in [0.4, 0.5) is 0 Å². The third-order valence-corrected chi connectivity index (χ3v) is 9.30. The third kappa shape index (κ3) is 8.63. The van der Waals surface area contributed by atoms with Crippen molar-refractivity contribution in [2.24, 2.45) is 0 Å². The summed E-state index contributed by atoms with van der Waals surface area (Å²) in [6.45, 7) is 13.6. The van der Waals surface area contributed by atoms with Gasteiger partial charge in [-0.2, -0.15) is 35.4 Å². The maximum atomic E-state index is 5.86. The first-order valence-electron chi connectivity index (χ1n) is 14.3. The van der Waals surface area contributed by atoms with Gasteiger partial charge in [-0.05, 0) is 17.4 Å². The molecule has 2 aliphatic rings. The van der Waals surface area contributed by atoms with Gasteiger partial charge in [-0.3, -0.25) is 6.08 Å². The predicted octanol–water partition coefficient (Wildman–Crippen LogP) is 11.1. The Morgan fingerprint density at radius 1 is 0.714 bits per heavy atom. The molecule has 212 valence electrons. The Bertz CT molecular complexity index is 1470. The van der Waals surface area contributed by atoms with Gasteiger partial charge in [0, 0.05) is 0 Å². The smallest absolute Gasteiger partial charge is 0.109 e. The summed E-state index contributed by atoms with van der Waals surface area (Å²) < 4.78 is 1.31. The van der Waals surface area contributed by atoms with Crippen molar-refractivity contribution in [3.8, 4) is 11.1 Å². The molecule has 0 saturated carbocycles. The second kappa shape index (κ2) is 14.0. The van der Waals surface area contributed by atoms with E-state index in [1.165, 1.54) is 71.9 Å². The molecular weight excluding hydrogens is 631 g/mol. The van der Waals surface area contributed by atoms with E-state index in [-0.39, 0.29) is 10.8 Å². The fraction of sp³-hybridized carbons (Fsp3) is 0.256. The van der Waals surface area contributed by atoms with Crippen LogP contribution < -0.4 is 0 Å². The zero-order valence-electron chi connectivity index (χ0n) is 25.4. The summed E-state index contributed by atoms with van der Waals surface area (Å²) in [5.41, 5.74) is 11.2. The standard InChI is InChI=1S/C21H25.C13H8Cl2.C5H5.Zr/c1-20(2,3)16-9-7-14-11-15-8-10-17(21(4,5)6)13-19(15)18(14)12-16;14-12-5-1-10(2-6-12)9-11-3-7-13(15)8-4-11;1-2-4-5-3-1;/h7,9-10,12-13H,11H2,1-6H3;1-8H;1-3H,4H2;/q-1;;-1;+2. The minimum absolute atomic E-state index is 0.177. The van der Waals surface area contributed by atoms with E-state index >= 15 is 0 Å². The van der Waals surface area contributed by atoms with Crippen molar-refractivity contribution in [3.63, 3.8) is 0 Å². The molecule has 2 aliphatic carbocycles. The molecule has 3 heteroatoms. The van der Waals surface area contributed by atoms with Crippen LogP contribution in [0, 0.1) is 12.1 Å². The molecule has 0 fully saturated rings. The third-order valence-electron chi connectivity index (χ3n) is 7.38. The van der Waals surface area contributed by atoms with Crippen molar-refractivity contribution in [2.45, 2.75) is 65.2 Å². The van der Waals surface area contributed by atoms with Crippen molar-refractivity contribution in [3.05, 3.63) is 153 Å². The Morgan fingerprint density at radius 2 is 1.26 bits per heavy atom. The summed E-state index contributed by atoms with van der Waals surface area (Å²) >= 11 is 13.1. The molecule has 0 nitrogen and oxygen atoms in total. The van der Waals surface area contributed by atoms with E-state index in [9.17, 15) is 0 Å². The van der Waals surface area contributed by atoms with E-state index in [0.717, 1.165) is 22.9 Å². The van der Waals surface area contributed by atoms with Crippen LogP contribution in [0.1, 0.15) is 81.3 Å². The first-order chi connectivity index (χ1) is 19.8. The van der Waals surface area contributed by atoms with Crippen LogP contribution in [-0.4, -0.2) is 3.21 Å². The van der Waals surface area contributed by atoms with Gasteiger partial charge in [0.2, 0.25) is 0 Å². The van der Waals surface area contributed by atoms with Gasteiger partial charge in [0.25, 0.3) is 0 Å². The first kappa shape index (κ1) is 32.6. The molecule has 0 atom stereocenters. The van der Waals surface area contributed by atoms with Gasteiger partial charge in [-0.25, -0.2) is 12.2 Å². The number of hydrogen-bond donors (Lipinski definition) is 0. The molecule has 4 aromatic rings. The maximum Gasteiger partial charge on any atom is -0.109 e. The molecule has 4 aromatic carbocycles. The van der Waals surface area contributed by atoms with Crippen LogP contribution in [0.5, 0.6) is 0 Å². The van der Waals surface area contributed by atoms with E-state index in [0.29, 0.717) is 0 Å². The molecule has 0 N–H and O–H groups in total. The van der Waals surface area contributed by atoms with E-state index in [1.54, 1.807) is 0 Å². The van der Waals surface area contributed by atoms with E-state index < -0.39 is 0 Å². The summed E-state index contributed by atoms with van der Waals surface area (Å²) in [5, 5.41) is 1.53. The van der Waals surface area contributed by atoms with Crippen LogP contribution in [0.3, 0.4) is 0 Å². The van der Waals surface area contributed by atoms with Crippen LogP contribution in [0.2, 0.25) is 10.0 Å². The Kier molecular flexibility index (Phi) is 10.9. The van der Waals surface area contributed by atoms with Gasteiger partial charge in [-0.1, -0.05) is 76.3 Å². The Morgan fingerprint density at radius 3 is 1.71 bits per heavy atom. The van der Waals surface area contributed by atoms with Crippen molar-refractivity contribution in [1.29, 1.82) is 0 Å². The summed E-state index contributed by atoms with van der Waals surface area (Å²) in [6, 6.07) is 30.9. The Labute approximate surface area is 277 Å². The quantitative estimate of drug-likeness (QED) is 0.164. The number of rotatable bonds is 2. The molecule has 0 radical (unpaired) electrons. The molecule has 42 heavy (non-hydrogen) atoms. The predicted molar refractivity (Wildman–Crippen MR) is 179 cm³/mol. The molecule has 0 bridgehead atoms. The maximum absolute atomic E-state index is 5.86. The molecule has 0 saturated heterocycles. The molecule has 0 unspecified atom stereocenters. The average Bonchev–Trinajstić information content (AvgIpc) is 3.64. The Balaban J connectivity index is 0.000000170. The van der Waals surface area contributed by atoms with Gasteiger partial charge in [0.05, 0.1) is 0 Å². The second-order valence-corrected chi connectivity index (χ2v) is 14.8. The van der Waals surface area contributed by atoms with E-state index in [2.05, 4.69) is 90.1 Å². The van der Waals surface area contributed by atoms with Crippen molar-refractivity contribution >= 4 is 26.4 Å². The summed E-state index contributed by atoms with van der Waals surface area (Å²) in [7, 11) is 0. The fourth-order valence-corrected chi connectivity index (χ4v) is 5.80. The molecule has 0 heterocycles. The monoisotopic (exact) mass is 666 g/mol. The van der Waals surface area contributed by atoms with Gasteiger partial charge in [0.1, 0.15) is 0 Å². The van der Waals surface area contributed by atoms with Crippen LogP contribution in [0.25, 0.3) is 11.1 Å². The zero-order chi connectivity index (χ0) is 30.5. The van der Waals surface area contributed by atoms with Gasteiger partial charge >= 0.3 is 120 Å². The number of benzene rings is 4. The van der Waals surface area contributed by atoms with E-state index in [4.69, 9.17) is 23.2 Å². The molecule has 0 spiro atoms. The van der Waals surface area contributed by atoms with Crippen LogP contribution in [0.15, 0.2) is 97.1 Å². The minimum Gasteiger partial charge on any atom is -0.273 e. The fourth-order valence-electron chi connectivity index (χ4n) is 4.72. The average molecular weight is 669 g/mol. The first-order valence-corrected chi connectivity index (χ1v) is 16.3. The molecular formula is C39H38Cl2Zr. The normalized spacial score (nSPS) is 13.0. The number of allylic oxidation sites excluding steroid dienone is 4. The molecule has 0 aromatic heterocycles. The summed E-state index contributed by atoms with van der Waals surface area (Å²) in [5.74, 6) is 0. The SMILES string of the molecule is CC(C)(C)c1c[c-]c2c(c1)-c1cc(C(C)(C)C)ccc1C2.Clc1ccc([C](=[Zr+2])c2ccc(Cl)cc2)cc1.[C-]1=CC=CC1. The van der Waals surface area contributed by atoms with Crippen molar-refractivity contribution < 1.29 is 24.2 Å². The molecule has 0 amide bonds. The van der Waals surface area contributed by atoms with Gasteiger partial charge in [0.15, 0.2) is 0 Å². The van der Waals surface area contributed by atoms with Crippen molar-refractivity contribution in [2.75, 3.05) is 0 Å². The minimum atomic E-state index is 0.177. The van der Waals surface area contributed by atoms with Gasteiger partial charge < -0.3 is 0 Å². The van der Waals surface area contributed by atoms with E-state index in [1.807, 2.05) is 60.7 Å². The summed E-state index contributed by atoms with van der Waals surface area (Å²) in [4.78, 5) is 0. The number of halogens is 2. The zero-order valence-corrected chi connectivity index (χ0v) is 29.4. The topological polar surface area (TPSA) is 0 Å². The second-order valence-electron chi connectivity index (χ2n) is 12.7. The van der Waals surface area contributed by atoms with Crippen LogP contribution >= 0.6 is 23.2 Å². The molecule has 6 rings (SSSR count). The molecule has 0 aliphatic heterocycles. The Hall–Kier alpha value is -2.31. The van der Waals surface area contributed by atoms with Crippen molar-refractivity contribution in [1.82, 2.24) is 0 Å². The summed E-state index contributed by atoms with van der Waals surface area (Å²) in [6.07, 6.45) is 11.0. The number of fused-ring (bicyclic) bond motifs is 3. The number of hydrogen-bond acceptors (Lipinski definition) is 0. The van der Waals surface area contributed by atoms with Gasteiger partial charge in [-0.15, -0.1) is 12.0 Å². The van der Waals surface area contributed by atoms with Crippen LogP contribution in [-0.2, 0) is 41.5 Å². The largest absolute Gasteiger partial charge is 0.273 e.